The molecule has 1 aliphatic heterocycles. The SMILES string of the molecule is O=C(CCl)N1Cc2cc(NCc3cc(-c4ccccc4F)n(S(=O)(=O)c4cccnc4)c3)ccc2C(c2ccccc2)C1. The van der Waals surface area contributed by atoms with Gasteiger partial charge < -0.3 is 10.2 Å². The molecule has 0 aliphatic carbocycles. The van der Waals surface area contributed by atoms with Crippen molar-refractivity contribution in [3.05, 3.63) is 138 Å². The van der Waals surface area contributed by atoms with Crippen LogP contribution in [-0.2, 0) is 27.9 Å². The van der Waals surface area contributed by atoms with Gasteiger partial charge in [0.15, 0.2) is 0 Å². The molecule has 0 saturated heterocycles. The zero-order valence-corrected chi connectivity index (χ0v) is 24.6. The molecule has 6 rings (SSSR count). The quantitative estimate of drug-likeness (QED) is 0.209. The molecule has 2 aromatic heterocycles. The number of alkyl halides is 1. The first-order valence-electron chi connectivity index (χ1n) is 13.7. The number of carbonyl (C=O) groups excluding carboxylic acids is 1. The van der Waals surface area contributed by atoms with E-state index < -0.39 is 15.8 Å². The molecule has 1 aliphatic rings. The molecule has 7 nitrogen and oxygen atoms in total. The molecule has 1 amide bonds. The maximum atomic E-state index is 14.9. The van der Waals surface area contributed by atoms with Crippen LogP contribution < -0.4 is 5.32 Å². The number of amides is 1. The third-order valence-corrected chi connectivity index (χ3v) is 9.52. The zero-order valence-electron chi connectivity index (χ0n) is 23.0. The number of halogens is 2. The molecular weight excluding hydrogens is 587 g/mol. The Kier molecular flexibility index (Phi) is 8.01. The third kappa shape index (κ3) is 5.78. The molecule has 1 N–H and O–H groups in total. The topological polar surface area (TPSA) is 84.3 Å². The maximum absolute atomic E-state index is 14.9. The first-order chi connectivity index (χ1) is 20.8. The monoisotopic (exact) mass is 614 g/mol. The standard InChI is InChI=1S/C33H28ClFN4O3S/c34-17-33(40)38-21-25-16-26(12-13-28(25)30(22-38)24-7-2-1-3-8-24)37-18-23-15-32(29-10-4-5-11-31(29)35)39(20-23)43(41,42)27-9-6-14-36-19-27/h1-16,19-20,30,37H,17-18,21-22H2. The summed E-state index contributed by atoms with van der Waals surface area (Å²) in [4.78, 5) is 18.3. The summed E-state index contributed by atoms with van der Waals surface area (Å²) < 4.78 is 43.1. The summed E-state index contributed by atoms with van der Waals surface area (Å²) in [5, 5.41) is 3.38. The highest BCUT2D eigenvalue weighted by molar-refractivity contribution is 7.90. The van der Waals surface area contributed by atoms with Crippen molar-refractivity contribution >= 4 is 33.2 Å². The number of nitrogens with zero attached hydrogens (tertiary/aromatic N) is 3. The highest BCUT2D eigenvalue weighted by Crippen LogP contribution is 2.35. The molecule has 218 valence electrons. The minimum absolute atomic E-state index is 0.00130. The molecule has 43 heavy (non-hydrogen) atoms. The highest BCUT2D eigenvalue weighted by Gasteiger charge is 2.29. The van der Waals surface area contributed by atoms with Gasteiger partial charge in [-0.15, -0.1) is 11.6 Å². The van der Waals surface area contributed by atoms with Crippen molar-refractivity contribution < 1.29 is 17.6 Å². The molecule has 0 spiro atoms. The molecule has 3 heterocycles. The van der Waals surface area contributed by atoms with E-state index in [9.17, 15) is 17.6 Å². The summed E-state index contributed by atoms with van der Waals surface area (Å²) in [6, 6.07) is 26.9. The fourth-order valence-corrected chi connectivity index (χ4v) is 7.03. The molecule has 1 unspecified atom stereocenters. The average molecular weight is 615 g/mol. The van der Waals surface area contributed by atoms with Crippen LogP contribution >= 0.6 is 11.6 Å². The van der Waals surface area contributed by atoms with Crippen LogP contribution in [0.5, 0.6) is 0 Å². The Morgan fingerprint density at radius 3 is 2.53 bits per heavy atom. The van der Waals surface area contributed by atoms with Gasteiger partial charge in [0.05, 0.1) is 5.69 Å². The van der Waals surface area contributed by atoms with Crippen LogP contribution in [0.2, 0.25) is 0 Å². The summed E-state index contributed by atoms with van der Waals surface area (Å²) in [6.07, 6.45) is 4.27. The van der Waals surface area contributed by atoms with Crippen molar-refractivity contribution in [1.29, 1.82) is 0 Å². The molecule has 0 saturated carbocycles. The first-order valence-corrected chi connectivity index (χ1v) is 15.7. The van der Waals surface area contributed by atoms with E-state index in [2.05, 4.69) is 28.5 Å². The van der Waals surface area contributed by atoms with Crippen LogP contribution in [0.1, 0.15) is 28.2 Å². The van der Waals surface area contributed by atoms with E-state index in [1.165, 1.54) is 30.7 Å². The van der Waals surface area contributed by atoms with Gasteiger partial charge in [0.25, 0.3) is 10.0 Å². The predicted octanol–water partition coefficient (Wildman–Crippen LogP) is 6.25. The third-order valence-electron chi connectivity index (χ3n) is 7.63. The molecule has 0 fully saturated rings. The molecule has 0 bridgehead atoms. The number of pyridine rings is 1. The van der Waals surface area contributed by atoms with E-state index in [1.54, 1.807) is 35.2 Å². The fraction of sp³-hybridized carbons (Fsp3) is 0.152. The molecule has 1 atom stereocenters. The van der Waals surface area contributed by atoms with E-state index in [1.807, 2.05) is 30.3 Å². The normalized spacial score (nSPS) is 14.7. The van der Waals surface area contributed by atoms with Gasteiger partial charge in [0, 0.05) is 55.4 Å². The van der Waals surface area contributed by atoms with Crippen molar-refractivity contribution in [2.45, 2.75) is 23.9 Å². The van der Waals surface area contributed by atoms with Crippen LogP contribution in [0.3, 0.4) is 0 Å². The number of hydrogen-bond donors (Lipinski definition) is 1. The Hall–Kier alpha value is -4.47. The van der Waals surface area contributed by atoms with Gasteiger partial charge in [-0.2, -0.15) is 0 Å². The van der Waals surface area contributed by atoms with Crippen molar-refractivity contribution in [3.8, 4) is 11.3 Å². The maximum Gasteiger partial charge on any atom is 0.269 e. The van der Waals surface area contributed by atoms with Gasteiger partial charge in [-0.1, -0.05) is 48.5 Å². The lowest BCUT2D eigenvalue weighted by Crippen LogP contribution is -2.39. The molecule has 10 heteroatoms. The van der Waals surface area contributed by atoms with E-state index in [0.717, 1.165) is 26.4 Å². The van der Waals surface area contributed by atoms with Gasteiger partial charge in [-0.25, -0.2) is 16.8 Å². The second-order valence-electron chi connectivity index (χ2n) is 10.3. The smallest absolute Gasteiger partial charge is 0.269 e. The number of hydrogen-bond acceptors (Lipinski definition) is 5. The predicted molar refractivity (Wildman–Crippen MR) is 165 cm³/mol. The summed E-state index contributed by atoms with van der Waals surface area (Å²) >= 11 is 5.92. The molecule has 3 aromatic carbocycles. The molecular formula is C33H28ClFN4O3S. The molecule has 0 radical (unpaired) electrons. The summed E-state index contributed by atoms with van der Waals surface area (Å²) in [6.45, 7) is 1.27. The van der Waals surface area contributed by atoms with Crippen LogP contribution in [-0.4, -0.2) is 40.6 Å². The van der Waals surface area contributed by atoms with Gasteiger partial charge in [0.1, 0.15) is 16.6 Å². The number of rotatable bonds is 8. The number of anilines is 1. The van der Waals surface area contributed by atoms with Gasteiger partial charge in [0.2, 0.25) is 5.91 Å². The Morgan fingerprint density at radius 1 is 1.00 bits per heavy atom. The van der Waals surface area contributed by atoms with Gasteiger partial charge in [-0.3, -0.25) is 9.78 Å². The Morgan fingerprint density at radius 2 is 1.79 bits per heavy atom. The van der Waals surface area contributed by atoms with Crippen LogP contribution in [0, 0.1) is 5.82 Å². The zero-order chi connectivity index (χ0) is 30.0. The summed E-state index contributed by atoms with van der Waals surface area (Å²) in [5.41, 5.74) is 5.10. The first kappa shape index (κ1) is 28.6. The second kappa shape index (κ2) is 12.0. The average Bonchev–Trinajstić information content (AvgIpc) is 3.49. The number of fused-ring (bicyclic) bond motifs is 1. The van der Waals surface area contributed by atoms with Crippen LogP contribution in [0.15, 0.2) is 114 Å². The number of aromatic nitrogens is 2. The fourth-order valence-electron chi connectivity index (χ4n) is 5.50. The Balaban J connectivity index is 1.32. The van der Waals surface area contributed by atoms with Crippen LogP contribution in [0.4, 0.5) is 10.1 Å². The van der Waals surface area contributed by atoms with E-state index >= 15 is 0 Å². The van der Waals surface area contributed by atoms with Crippen molar-refractivity contribution in [2.75, 3.05) is 17.7 Å². The second-order valence-corrected chi connectivity index (χ2v) is 12.4. The number of benzene rings is 3. The van der Waals surface area contributed by atoms with Crippen LogP contribution in [0.25, 0.3) is 11.3 Å². The van der Waals surface area contributed by atoms with Crippen molar-refractivity contribution in [2.24, 2.45) is 0 Å². The molecule has 5 aromatic rings. The lowest BCUT2D eigenvalue weighted by molar-refractivity contribution is -0.129. The van der Waals surface area contributed by atoms with Crippen molar-refractivity contribution in [1.82, 2.24) is 13.9 Å². The number of carbonyl (C=O) groups is 1. The lowest BCUT2D eigenvalue weighted by atomic mass is 9.84. The Labute approximate surface area is 254 Å². The van der Waals surface area contributed by atoms with Crippen molar-refractivity contribution in [3.63, 3.8) is 0 Å². The largest absolute Gasteiger partial charge is 0.381 e. The highest BCUT2D eigenvalue weighted by atomic mass is 35.5. The van der Waals surface area contributed by atoms with E-state index in [0.29, 0.717) is 18.7 Å². The Bertz CT molecular complexity index is 1880. The summed E-state index contributed by atoms with van der Waals surface area (Å²) in [5.74, 6) is -0.718. The summed E-state index contributed by atoms with van der Waals surface area (Å²) in [7, 11) is -4.05. The lowest BCUT2D eigenvalue weighted by Gasteiger charge is -2.35. The van der Waals surface area contributed by atoms with Gasteiger partial charge >= 0.3 is 0 Å². The van der Waals surface area contributed by atoms with E-state index in [-0.39, 0.29) is 40.4 Å². The minimum atomic E-state index is -4.05. The minimum Gasteiger partial charge on any atom is -0.381 e. The number of nitrogens with one attached hydrogen (secondary N) is 1. The van der Waals surface area contributed by atoms with Gasteiger partial charge in [-0.05, 0) is 64.7 Å². The van der Waals surface area contributed by atoms with E-state index in [4.69, 9.17) is 11.6 Å².